The van der Waals surface area contributed by atoms with Crippen LogP contribution < -0.4 is 5.32 Å². The number of nitrogens with zero attached hydrogens (tertiary/aromatic N) is 5. The number of aromatic nitrogens is 4. The summed E-state index contributed by atoms with van der Waals surface area (Å²) in [7, 11) is 6.19. The summed E-state index contributed by atoms with van der Waals surface area (Å²) in [5, 5.41) is 7.89. The molecule has 1 N–H and O–H groups in total. The third kappa shape index (κ3) is 3.37. The van der Waals surface area contributed by atoms with Crippen LogP contribution in [0.3, 0.4) is 0 Å². The van der Waals surface area contributed by atoms with Gasteiger partial charge in [0.25, 0.3) is 0 Å². The highest BCUT2D eigenvalue weighted by molar-refractivity contribution is 5.76. The number of anilines is 1. The molecule has 1 atom stereocenters. The number of likely N-dealkylation sites (N-methyl/N-ethyl adjacent to an activating group) is 1. The summed E-state index contributed by atoms with van der Waals surface area (Å²) in [6.07, 6.45) is 3.91. The van der Waals surface area contributed by atoms with E-state index in [1.807, 2.05) is 35.3 Å². The molecule has 3 aromatic rings. The van der Waals surface area contributed by atoms with Crippen LogP contribution in [-0.2, 0) is 13.6 Å². The molecule has 0 aliphatic carbocycles. The Bertz CT molecular complexity index is 785. The number of fused-ring (bicyclic) bond motifs is 1. The Hall–Kier alpha value is -2.34. The van der Waals surface area contributed by atoms with Gasteiger partial charge >= 0.3 is 0 Å². The second-order valence-electron chi connectivity index (χ2n) is 6.18. The zero-order valence-electron chi connectivity index (χ0n) is 14.2. The third-order valence-electron chi connectivity index (χ3n) is 4.00. The molecule has 6 heteroatoms. The number of imidazole rings is 1. The van der Waals surface area contributed by atoms with Gasteiger partial charge in [-0.1, -0.05) is 12.1 Å². The van der Waals surface area contributed by atoms with E-state index in [4.69, 9.17) is 4.98 Å². The predicted octanol–water partition coefficient (Wildman–Crippen LogP) is 2.50. The van der Waals surface area contributed by atoms with E-state index >= 15 is 0 Å². The number of nitrogens with one attached hydrogen (secondary N) is 1. The molecule has 0 spiro atoms. The standard InChI is InChI=1S/C17H24N6/c1-13(17-20-15-7-5-6-8-16(15)22(17)4)19-14-11-18-23(12-14)10-9-21(2)3/h5-8,11-13,19H,9-10H2,1-4H3. The molecule has 6 nitrogen and oxygen atoms in total. The molecule has 0 fully saturated rings. The average Bonchev–Trinajstić information content (AvgIpc) is 3.10. The van der Waals surface area contributed by atoms with Crippen LogP contribution in [0.2, 0.25) is 0 Å². The van der Waals surface area contributed by atoms with E-state index in [0.717, 1.165) is 35.6 Å². The Labute approximate surface area is 136 Å². The highest BCUT2D eigenvalue weighted by Gasteiger charge is 2.14. The summed E-state index contributed by atoms with van der Waals surface area (Å²) >= 11 is 0. The van der Waals surface area contributed by atoms with Crippen molar-refractivity contribution in [2.75, 3.05) is 26.0 Å². The van der Waals surface area contributed by atoms with Crippen molar-refractivity contribution in [3.8, 4) is 0 Å². The Morgan fingerprint density at radius 3 is 2.78 bits per heavy atom. The van der Waals surface area contributed by atoms with Crippen LogP contribution in [0.15, 0.2) is 36.7 Å². The molecule has 0 aliphatic rings. The Morgan fingerprint density at radius 2 is 2.04 bits per heavy atom. The van der Waals surface area contributed by atoms with Gasteiger partial charge < -0.3 is 14.8 Å². The van der Waals surface area contributed by atoms with Gasteiger partial charge in [-0.25, -0.2) is 4.98 Å². The van der Waals surface area contributed by atoms with Gasteiger partial charge in [-0.05, 0) is 33.2 Å². The fraction of sp³-hybridized carbons (Fsp3) is 0.412. The van der Waals surface area contributed by atoms with Crippen LogP contribution >= 0.6 is 0 Å². The Morgan fingerprint density at radius 1 is 1.26 bits per heavy atom. The molecule has 0 amide bonds. The maximum Gasteiger partial charge on any atom is 0.131 e. The van der Waals surface area contributed by atoms with Crippen LogP contribution in [0, 0.1) is 0 Å². The van der Waals surface area contributed by atoms with Crippen molar-refractivity contribution in [2.24, 2.45) is 7.05 Å². The van der Waals surface area contributed by atoms with Gasteiger partial charge in [0.15, 0.2) is 0 Å². The van der Waals surface area contributed by atoms with Crippen molar-refractivity contribution in [2.45, 2.75) is 19.5 Å². The van der Waals surface area contributed by atoms with Crippen molar-refractivity contribution in [3.05, 3.63) is 42.5 Å². The normalized spacial score (nSPS) is 12.9. The average molecular weight is 312 g/mol. The van der Waals surface area contributed by atoms with Gasteiger partial charge in [-0.3, -0.25) is 4.68 Å². The second kappa shape index (κ2) is 6.42. The number of hydrogen-bond acceptors (Lipinski definition) is 4. The molecule has 0 saturated carbocycles. The third-order valence-corrected chi connectivity index (χ3v) is 4.00. The van der Waals surface area contributed by atoms with Crippen LogP contribution in [0.25, 0.3) is 11.0 Å². The van der Waals surface area contributed by atoms with Crippen LogP contribution in [0.5, 0.6) is 0 Å². The number of aryl methyl sites for hydroxylation is 1. The summed E-state index contributed by atoms with van der Waals surface area (Å²) in [6, 6.07) is 8.31. The first kappa shape index (κ1) is 15.6. The molecule has 122 valence electrons. The van der Waals surface area contributed by atoms with Gasteiger partial charge in [0, 0.05) is 19.8 Å². The minimum atomic E-state index is 0.110. The van der Waals surface area contributed by atoms with Gasteiger partial charge in [-0.2, -0.15) is 5.10 Å². The summed E-state index contributed by atoms with van der Waals surface area (Å²) in [5.74, 6) is 1.02. The van der Waals surface area contributed by atoms with Crippen molar-refractivity contribution in [1.82, 2.24) is 24.2 Å². The van der Waals surface area contributed by atoms with E-state index in [2.05, 4.69) is 54.0 Å². The first-order chi connectivity index (χ1) is 11.0. The zero-order chi connectivity index (χ0) is 16.4. The first-order valence-electron chi connectivity index (χ1n) is 7.89. The molecule has 3 rings (SSSR count). The molecule has 2 aromatic heterocycles. The molecule has 1 aromatic carbocycles. The molecule has 0 aliphatic heterocycles. The Kier molecular flexibility index (Phi) is 4.34. The molecular weight excluding hydrogens is 288 g/mol. The summed E-state index contributed by atoms with van der Waals surface area (Å²) in [4.78, 5) is 6.89. The lowest BCUT2D eigenvalue weighted by Crippen LogP contribution is -2.18. The van der Waals surface area contributed by atoms with Gasteiger partial charge in [0.2, 0.25) is 0 Å². The largest absolute Gasteiger partial charge is 0.373 e. The first-order valence-corrected chi connectivity index (χ1v) is 7.89. The van der Waals surface area contributed by atoms with Crippen molar-refractivity contribution in [1.29, 1.82) is 0 Å². The molecular formula is C17H24N6. The molecule has 2 heterocycles. The van der Waals surface area contributed by atoms with Crippen LogP contribution in [0.1, 0.15) is 18.8 Å². The predicted molar refractivity (Wildman–Crippen MR) is 93.5 cm³/mol. The molecule has 0 radical (unpaired) electrons. The monoisotopic (exact) mass is 312 g/mol. The fourth-order valence-corrected chi connectivity index (χ4v) is 2.73. The summed E-state index contributed by atoms with van der Waals surface area (Å²) < 4.78 is 4.10. The highest BCUT2D eigenvalue weighted by atomic mass is 15.3. The van der Waals surface area contributed by atoms with Gasteiger partial charge in [0.1, 0.15) is 5.82 Å². The molecule has 0 bridgehead atoms. The van der Waals surface area contributed by atoms with Crippen LogP contribution in [0.4, 0.5) is 5.69 Å². The van der Waals surface area contributed by atoms with E-state index in [1.165, 1.54) is 0 Å². The number of hydrogen-bond donors (Lipinski definition) is 1. The lowest BCUT2D eigenvalue weighted by Gasteiger charge is -2.13. The summed E-state index contributed by atoms with van der Waals surface area (Å²) in [6.45, 7) is 3.98. The van der Waals surface area contributed by atoms with E-state index < -0.39 is 0 Å². The van der Waals surface area contributed by atoms with Crippen molar-refractivity contribution < 1.29 is 0 Å². The SMILES string of the molecule is CC(Nc1cnn(CCN(C)C)c1)c1nc2ccccc2n1C. The van der Waals surface area contributed by atoms with Gasteiger partial charge in [0.05, 0.1) is 35.5 Å². The fourth-order valence-electron chi connectivity index (χ4n) is 2.73. The number of para-hydroxylation sites is 2. The molecule has 23 heavy (non-hydrogen) atoms. The molecule has 0 saturated heterocycles. The summed E-state index contributed by atoms with van der Waals surface area (Å²) in [5.41, 5.74) is 3.20. The second-order valence-corrected chi connectivity index (χ2v) is 6.18. The number of benzene rings is 1. The van der Waals surface area contributed by atoms with Crippen LogP contribution in [-0.4, -0.2) is 44.9 Å². The van der Waals surface area contributed by atoms with E-state index in [-0.39, 0.29) is 6.04 Å². The number of rotatable bonds is 6. The highest BCUT2D eigenvalue weighted by Crippen LogP contribution is 2.22. The van der Waals surface area contributed by atoms with E-state index in [9.17, 15) is 0 Å². The quantitative estimate of drug-likeness (QED) is 0.760. The lowest BCUT2D eigenvalue weighted by atomic mass is 10.3. The maximum absolute atomic E-state index is 4.74. The lowest BCUT2D eigenvalue weighted by molar-refractivity contribution is 0.373. The minimum Gasteiger partial charge on any atom is -0.373 e. The zero-order valence-corrected chi connectivity index (χ0v) is 14.2. The van der Waals surface area contributed by atoms with Crippen molar-refractivity contribution >= 4 is 16.7 Å². The maximum atomic E-state index is 4.74. The molecule has 1 unspecified atom stereocenters. The van der Waals surface area contributed by atoms with E-state index in [0.29, 0.717) is 0 Å². The van der Waals surface area contributed by atoms with Crippen molar-refractivity contribution in [3.63, 3.8) is 0 Å². The van der Waals surface area contributed by atoms with E-state index in [1.54, 1.807) is 0 Å². The topological polar surface area (TPSA) is 50.9 Å². The Balaban J connectivity index is 1.73. The smallest absolute Gasteiger partial charge is 0.131 e. The van der Waals surface area contributed by atoms with Gasteiger partial charge in [-0.15, -0.1) is 0 Å². The minimum absolute atomic E-state index is 0.110.